The molecule has 7 aromatic carbocycles. The first kappa shape index (κ1) is 27.6. The van der Waals surface area contributed by atoms with E-state index in [0.29, 0.717) is 44.4 Å². The van der Waals surface area contributed by atoms with Crippen LogP contribution in [0.4, 0.5) is 11.4 Å². The molecule has 0 aliphatic carbocycles. The van der Waals surface area contributed by atoms with Crippen LogP contribution in [-0.2, 0) is 0 Å². The summed E-state index contributed by atoms with van der Waals surface area (Å²) >= 11 is 0. The van der Waals surface area contributed by atoms with Gasteiger partial charge in [0.2, 0.25) is 0 Å². The number of benzene rings is 7. The van der Waals surface area contributed by atoms with Crippen LogP contribution in [0.25, 0.3) is 43.8 Å². The van der Waals surface area contributed by atoms with E-state index in [1.807, 2.05) is 97.1 Å². The maximum Gasteiger partial charge on any atom is 0.265 e. The van der Waals surface area contributed by atoms with Gasteiger partial charge in [-0.2, -0.15) is 0 Å². The lowest BCUT2D eigenvalue weighted by atomic mass is 9.93. The van der Waals surface area contributed by atoms with Gasteiger partial charge in [-0.25, -0.2) is 9.80 Å². The first-order valence-corrected chi connectivity index (χ1v) is 15.6. The Kier molecular flexibility index (Phi) is 6.01. The summed E-state index contributed by atoms with van der Waals surface area (Å²) in [4.78, 5) is 56.3. The number of anilines is 2. The monoisotopic (exact) mass is 620 g/mol. The molecule has 0 bridgehead atoms. The smallest absolute Gasteiger partial charge is 0.265 e. The van der Waals surface area contributed by atoms with Crippen molar-refractivity contribution in [1.82, 2.24) is 0 Å². The van der Waals surface area contributed by atoms with Crippen LogP contribution in [0.15, 0.2) is 146 Å². The fourth-order valence-corrected chi connectivity index (χ4v) is 6.99. The summed E-state index contributed by atoms with van der Waals surface area (Å²) in [5, 5.41) is 3.15. The normalized spacial score (nSPS) is 13.9. The second-order valence-corrected chi connectivity index (χ2v) is 12.0. The first-order valence-electron chi connectivity index (χ1n) is 15.6. The zero-order valence-electron chi connectivity index (χ0n) is 25.4. The number of hydrogen-bond acceptors (Lipinski definition) is 4. The number of carbonyl (C=O) groups excluding carboxylic acids is 4. The SMILES string of the molecule is O=C1c2cccc3cccc(c23)C(=O)N1c1ccc(-c2ccc(-c3ccc(N4C(=O)c5cccc6cccc(c56)C4=O)cc3)cc2)cc1. The lowest BCUT2D eigenvalue weighted by molar-refractivity contribution is 0.0877. The molecule has 4 amide bonds. The van der Waals surface area contributed by atoms with E-state index in [9.17, 15) is 19.2 Å². The highest BCUT2D eigenvalue weighted by molar-refractivity contribution is 6.36. The van der Waals surface area contributed by atoms with E-state index >= 15 is 0 Å². The molecule has 0 fully saturated rings. The highest BCUT2D eigenvalue weighted by Gasteiger charge is 2.35. The molecule has 226 valence electrons. The topological polar surface area (TPSA) is 74.8 Å². The van der Waals surface area contributed by atoms with Crippen LogP contribution in [-0.4, -0.2) is 23.6 Å². The summed E-state index contributed by atoms with van der Waals surface area (Å²) in [6.45, 7) is 0. The summed E-state index contributed by atoms with van der Waals surface area (Å²) in [5.41, 5.74) is 6.96. The average Bonchev–Trinajstić information content (AvgIpc) is 3.13. The van der Waals surface area contributed by atoms with Gasteiger partial charge < -0.3 is 0 Å². The summed E-state index contributed by atoms with van der Waals surface area (Å²) < 4.78 is 0. The minimum atomic E-state index is -0.330. The van der Waals surface area contributed by atoms with Gasteiger partial charge in [-0.1, -0.05) is 97.1 Å². The van der Waals surface area contributed by atoms with Crippen molar-refractivity contribution in [2.24, 2.45) is 0 Å². The standard InChI is InChI=1S/C42H24N2O4/c45-39-33-9-1-5-29-6-2-10-34(37(29)33)40(46)43(39)31-21-17-27(18-22-31)25-13-15-26(16-14-25)28-19-23-32(24-20-28)44-41(47)35-11-3-7-30-8-4-12-36(38(30)35)42(44)48/h1-24H. The molecule has 48 heavy (non-hydrogen) atoms. The number of rotatable bonds is 4. The third-order valence-electron chi connectivity index (χ3n) is 9.35. The van der Waals surface area contributed by atoms with Gasteiger partial charge in [-0.05, 0) is 81.6 Å². The molecule has 0 radical (unpaired) electrons. The van der Waals surface area contributed by atoms with Gasteiger partial charge in [0.25, 0.3) is 23.6 Å². The van der Waals surface area contributed by atoms with Crippen molar-refractivity contribution in [1.29, 1.82) is 0 Å². The fraction of sp³-hybridized carbons (Fsp3) is 0. The Morgan fingerprint density at radius 1 is 0.292 bits per heavy atom. The molecule has 2 heterocycles. The first-order chi connectivity index (χ1) is 23.5. The molecule has 0 spiro atoms. The van der Waals surface area contributed by atoms with Gasteiger partial charge in [0.1, 0.15) is 0 Å². The molecule has 0 saturated carbocycles. The number of hydrogen-bond donors (Lipinski definition) is 0. The maximum atomic E-state index is 13.4. The molecular weight excluding hydrogens is 596 g/mol. The van der Waals surface area contributed by atoms with E-state index in [0.717, 1.165) is 33.0 Å². The highest BCUT2D eigenvalue weighted by Crippen LogP contribution is 2.36. The Balaban J connectivity index is 0.953. The largest absolute Gasteiger partial charge is 0.268 e. The van der Waals surface area contributed by atoms with Crippen LogP contribution in [0, 0.1) is 0 Å². The number of amides is 4. The van der Waals surface area contributed by atoms with Crippen LogP contribution < -0.4 is 9.80 Å². The number of nitrogens with zero attached hydrogens (tertiary/aromatic N) is 2. The van der Waals surface area contributed by atoms with Crippen LogP contribution in [0.3, 0.4) is 0 Å². The molecule has 0 unspecified atom stereocenters. The van der Waals surface area contributed by atoms with Crippen molar-refractivity contribution in [3.05, 3.63) is 168 Å². The summed E-state index contributed by atoms with van der Waals surface area (Å²) in [6, 6.07) is 45.0. The van der Waals surface area contributed by atoms with Crippen LogP contribution in [0.2, 0.25) is 0 Å². The second-order valence-electron chi connectivity index (χ2n) is 12.0. The minimum Gasteiger partial charge on any atom is -0.268 e. The van der Waals surface area contributed by atoms with Crippen molar-refractivity contribution in [3.63, 3.8) is 0 Å². The molecule has 0 atom stereocenters. The highest BCUT2D eigenvalue weighted by atomic mass is 16.2. The minimum absolute atomic E-state index is 0.330. The molecule has 6 nitrogen and oxygen atoms in total. The van der Waals surface area contributed by atoms with Crippen LogP contribution in [0.5, 0.6) is 0 Å². The number of carbonyl (C=O) groups is 4. The fourth-order valence-electron chi connectivity index (χ4n) is 6.99. The molecule has 9 rings (SSSR count). The molecule has 0 aromatic heterocycles. The number of imide groups is 2. The molecule has 2 aliphatic rings. The van der Waals surface area contributed by atoms with Crippen molar-refractivity contribution in [3.8, 4) is 22.3 Å². The van der Waals surface area contributed by atoms with Gasteiger partial charge in [-0.3, -0.25) is 19.2 Å². The Hall–Kier alpha value is -6.66. The average molecular weight is 621 g/mol. The molecule has 0 saturated heterocycles. The van der Waals surface area contributed by atoms with E-state index in [-0.39, 0.29) is 23.6 Å². The van der Waals surface area contributed by atoms with Crippen molar-refractivity contribution in [2.45, 2.75) is 0 Å². The lowest BCUT2D eigenvalue weighted by Crippen LogP contribution is -2.40. The van der Waals surface area contributed by atoms with E-state index in [1.165, 1.54) is 9.80 Å². The zero-order chi connectivity index (χ0) is 32.5. The molecule has 7 aromatic rings. The van der Waals surface area contributed by atoms with Gasteiger partial charge in [0, 0.05) is 33.0 Å². The third-order valence-corrected chi connectivity index (χ3v) is 9.35. The quantitative estimate of drug-likeness (QED) is 0.184. The van der Waals surface area contributed by atoms with Gasteiger partial charge in [-0.15, -0.1) is 0 Å². The van der Waals surface area contributed by atoms with Crippen molar-refractivity contribution in [2.75, 3.05) is 9.80 Å². The van der Waals surface area contributed by atoms with E-state index < -0.39 is 0 Å². The van der Waals surface area contributed by atoms with E-state index in [1.54, 1.807) is 48.5 Å². The third kappa shape index (κ3) is 4.06. The van der Waals surface area contributed by atoms with E-state index in [4.69, 9.17) is 0 Å². The van der Waals surface area contributed by atoms with E-state index in [2.05, 4.69) is 0 Å². The molecule has 2 aliphatic heterocycles. The zero-order valence-corrected chi connectivity index (χ0v) is 25.4. The lowest BCUT2D eigenvalue weighted by Gasteiger charge is -2.27. The Bertz CT molecular complexity index is 2240. The molecule has 6 heteroatoms. The van der Waals surface area contributed by atoms with Gasteiger partial charge in [0.05, 0.1) is 11.4 Å². The van der Waals surface area contributed by atoms with Gasteiger partial charge in [0.15, 0.2) is 0 Å². The van der Waals surface area contributed by atoms with Crippen molar-refractivity contribution >= 4 is 56.5 Å². The second kappa shape index (κ2) is 10.4. The molecular formula is C42H24N2O4. The Morgan fingerprint density at radius 3 is 0.812 bits per heavy atom. The predicted octanol–water partition coefficient (Wildman–Crippen LogP) is 8.93. The summed E-state index contributed by atoms with van der Waals surface area (Å²) in [6.07, 6.45) is 0. The van der Waals surface area contributed by atoms with Crippen molar-refractivity contribution < 1.29 is 19.2 Å². The predicted molar refractivity (Wildman–Crippen MR) is 187 cm³/mol. The maximum absolute atomic E-state index is 13.4. The van der Waals surface area contributed by atoms with Gasteiger partial charge >= 0.3 is 0 Å². The summed E-state index contributed by atoms with van der Waals surface area (Å²) in [7, 11) is 0. The molecule has 0 N–H and O–H groups in total. The van der Waals surface area contributed by atoms with Crippen LogP contribution in [0.1, 0.15) is 41.4 Å². The van der Waals surface area contributed by atoms with Crippen LogP contribution >= 0.6 is 0 Å². The Labute approximate surface area is 275 Å². The summed E-state index contributed by atoms with van der Waals surface area (Å²) in [5.74, 6) is -1.32. The Morgan fingerprint density at radius 2 is 0.542 bits per heavy atom.